The van der Waals surface area contributed by atoms with E-state index in [2.05, 4.69) is 11.9 Å². The first-order valence-corrected chi connectivity index (χ1v) is 11.1. The third-order valence-electron chi connectivity index (χ3n) is 4.66. The molecule has 1 aromatic carbocycles. The summed E-state index contributed by atoms with van der Waals surface area (Å²) in [5, 5.41) is 0.505. The minimum absolute atomic E-state index is 0.0433. The van der Waals surface area contributed by atoms with Gasteiger partial charge in [-0.1, -0.05) is 30.1 Å². The fourth-order valence-electron chi connectivity index (χ4n) is 3.09. The molecular formula is C19H20Cl2N2O3S. The highest BCUT2D eigenvalue weighted by molar-refractivity contribution is 7.90. The van der Waals surface area contributed by atoms with Crippen LogP contribution in [0.3, 0.4) is 0 Å². The molecule has 2 heterocycles. The number of halogens is 2. The summed E-state index contributed by atoms with van der Waals surface area (Å²) < 4.78 is 25.4. The zero-order valence-corrected chi connectivity index (χ0v) is 17.2. The van der Waals surface area contributed by atoms with Gasteiger partial charge in [0.25, 0.3) is 5.91 Å². The van der Waals surface area contributed by atoms with E-state index in [1.54, 1.807) is 11.0 Å². The number of benzene rings is 1. The van der Waals surface area contributed by atoms with Crippen molar-refractivity contribution in [2.45, 2.75) is 30.4 Å². The van der Waals surface area contributed by atoms with Gasteiger partial charge in [-0.3, -0.25) is 9.78 Å². The van der Waals surface area contributed by atoms with Crippen molar-refractivity contribution in [2.75, 3.05) is 13.1 Å². The highest BCUT2D eigenvalue weighted by Crippen LogP contribution is 2.25. The molecule has 0 bridgehead atoms. The van der Waals surface area contributed by atoms with Gasteiger partial charge in [0.05, 0.1) is 16.2 Å². The van der Waals surface area contributed by atoms with Crippen LogP contribution in [0.5, 0.6) is 0 Å². The van der Waals surface area contributed by atoms with Gasteiger partial charge in [0.1, 0.15) is 0 Å². The minimum Gasteiger partial charge on any atom is -0.339 e. The number of pyridine rings is 1. The predicted octanol–water partition coefficient (Wildman–Crippen LogP) is 4.23. The van der Waals surface area contributed by atoms with E-state index in [4.69, 9.17) is 23.2 Å². The molecule has 1 amide bonds. The van der Waals surface area contributed by atoms with Gasteiger partial charge in [-0.15, -0.1) is 0 Å². The average molecular weight is 427 g/mol. The third-order valence-corrected chi connectivity index (χ3v) is 6.77. The molecule has 3 rings (SSSR count). The lowest BCUT2D eigenvalue weighted by molar-refractivity contribution is 0.0696. The molecular weight excluding hydrogens is 407 g/mol. The molecule has 0 spiro atoms. The molecule has 144 valence electrons. The summed E-state index contributed by atoms with van der Waals surface area (Å²) in [6.45, 7) is 3.60. The molecule has 0 unspecified atom stereocenters. The summed E-state index contributed by atoms with van der Waals surface area (Å²) in [5.74, 6) is 0.224. The second-order valence-corrected chi connectivity index (χ2v) is 9.78. The zero-order chi connectivity index (χ0) is 19.6. The summed E-state index contributed by atoms with van der Waals surface area (Å²) in [5.41, 5.74) is 0.851. The van der Waals surface area contributed by atoms with Crippen LogP contribution >= 0.6 is 23.2 Å². The Balaban J connectivity index is 1.80. The molecule has 0 radical (unpaired) electrons. The van der Waals surface area contributed by atoms with E-state index in [0.29, 0.717) is 30.1 Å². The first-order valence-electron chi connectivity index (χ1n) is 8.66. The lowest BCUT2D eigenvalue weighted by Crippen LogP contribution is -2.38. The normalized spacial score (nSPS) is 15.7. The van der Waals surface area contributed by atoms with Crippen molar-refractivity contribution in [1.82, 2.24) is 9.88 Å². The van der Waals surface area contributed by atoms with E-state index >= 15 is 0 Å². The van der Waals surface area contributed by atoms with E-state index in [9.17, 15) is 13.2 Å². The third kappa shape index (κ3) is 5.00. The van der Waals surface area contributed by atoms with Crippen molar-refractivity contribution in [3.05, 3.63) is 57.8 Å². The Bertz CT molecular complexity index is 935. The molecule has 1 aromatic heterocycles. The number of rotatable bonds is 4. The second kappa shape index (κ2) is 8.17. The maximum atomic E-state index is 12.7. The lowest BCUT2D eigenvalue weighted by atomic mass is 9.99. The number of aromatic nitrogens is 1. The zero-order valence-electron chi connectivity index (χ0n) is 14.9. The first-order chi connectivity index (χ1) is 12.7. The molecule has 0 atom stereocenters. The summed E-state index contributed by atoms with van der Waals surface area (Å²) in [6, 6.07) is 5.79. The Morgan fingerprint density at radius 1 is 1.11 bits per heavy atom. The van der Waals surface area contributed by atoms with Crippen LogP contribution in [0.4, 0.5) is 0 Å². The molecule has 8 heteroatoms. The number of nitrogens with zero attached hydrogens (tertiary/aromatic N) is 2. The standard InChI is InChI=1S/C19H20Cl2N2O3S/c1-13-2-4-23(5-3-13)19(24)15-6-14(10-22-11-15)12-27(25,26)18-8-16(20)7-17(21)9-18/h6-11,13H,2-5,12H2,1H3. The van der Waals surface area contributed by atoms with Crippen molar-refractivity contribution < 1.29 is 13.2 Å². The first kappa shape index (κ1) is 20.1. The Kier molecular flexibility index (Phi) is 6.08. The average Bonchev–Trinajstić information content (AvgIpc) is 2.61. The van der Waals surface area contributed by atoms with Crippen LogP contribution in [0.15, 0.2) is 41.6 Å². The number of carbonyl (C=O) groups excluding carboxylic acids is 1. The highest BCUT2D eigenvalue weighted by Gasteiger charge is 2.23. The number of sulfone groups is 1. The fourth-order valence-corrected chi connectivity index (χ4v) is 5.12. The van der Waals surface area contributed by atoms with E-state index < -0.39 is 9.84 Å². The van der Waals surface area contributed by atoms with Gasteiger partial charge in [0.2, 0.25) is 0 Å². The van der Waals surface area contributed by atoms with Crippen LogP contribution in [-0.2, 0) is 15.6 Å². The Morgan fingerprint density at radius 2 is 1.74 bits per heavy atom. The number of likely N-dealkylation sites (tertiary alicyclic amines) is 1. The lowest BCUT2D eigenvalue weighted by Gasteiger charge is -2.30. The van der Waals surface area contributed by atoms with E-state index in [-0.39, 0.29) is 26.6 Å². The Hall–Kier alpha value is -1.63. The molecule has 27 heavy (non-hydrogen) atoms. The number of hydrogen-bond donors (Lipinski definition) is 0. The largest absolute Gasteiger partial charge is 0.339 e. The van der Waals surface area contributed by atoms with Gasteiger partial charge in [-0.2, -0.15) is 0 Å². The molecule has 2 aromatic rings. The molecule has 1 aliphatic rings. The van der Waals surface area contributed by atoms with Crippen molar-refractivity contribution in [2.24, 2.45) is 5.92 Å². The van der Waals surface area contributed by atoms with Crippen molar-refractivity contribution in [3.8, 4) is 0 Å². The van der Waals surface area contributed by atoms with Gasteiger partial charge < -0.3 is 4.90 Å². The molecule has 5 nitrogen and oxygen atoms in total. The van der Waals surface area contributed by atoms with Gasteiger partial charge in [0.15, 0.2) is 9.84 Å². The van der Waals surface area contributed by atoms with Crippen LogP contribution in [0, 0.1) is 5.92 Å². The van der Waals surface area contributed by atoms with Gasteiger partial charge in [-0.05, 0) is 48.6 Å². The summed E-state index contributed by atoms with van der Waals surface area (Å²) in [6.07, 6.45) is 4.89. The summed E-state index contributed by atoms with van der Waals surface area (Å²) >= 11 is 11.8. The van der Waals surface area contributed by atoms with Crippen molar-refractivity contribution in [3.63, 3.8) is 0 Å². The van der Waals surface area contributed by atoms with Crippen LogP contribution in [0.1, 0.15) is 35.7 Å². The van der Waals surface area contributed by atoms with Gasteiger partial charge in [-0.25, -0.2) is 8.42 Å². The summed E-state index contributed by atoms with van der Waals surface area (Å²) in [7, 11) is -3.67. The highest BCUT2D eigenvalue weighted by atomic mass is 35.5. The van der Waals surface area contributed by atoms with E-state index in [1.165, 1.54) is 30.6 Å². The number of amides is 1. The predicted molar refractivity (Wildman–Crippen MR) is 106 cm³/mol. The van der Waals surface area contributed by atoms with Crippen LogP contribution in [0.2, 0.25) is 10.0 Å². The van der Waals surface area contributed by atoms with E-state index in [0.717, 1.165) is 12.8 Å². The minimum atomic E-state index is -3.67. The molecule has 0 N–H and O–H groups in total. The van der Waals surface area contributed by atoms with Crippen LogP contribution in [0.25, 0.3) is 0 Å². The second-order valence-electron chi connectivity index (χ2n) is 6.92. The maximum absolute atomic E-state index is 12.7. The number of hydrogen-bond acceptors (Lipinski definition) is 4. The topological polar surface area (TPSA) is 67.3 Å². The van der Waals surface area contributed by atoms with Crippen LogP contribution in [-0.4, -0.2) is 37.3 Å². The molecule has 0 saturated carbocycles. The monoisotopic (exact) mass is 426 g/mol. The summed E-state index contributed by atoms with van der Waals surface area (Å²) in [4.78, 5) is 18.6. The molecule has 1 saturated heterocycles. The smallest absolute Gasteiger partial charge is 0.255 e. The van der Waals surface area contributed by atoms with Crippen molar-refractivity contribution >= 4 is 38.9 Å². The van der Waals surface area contributed by atoms with Gasteiger partial charge in [0, 0.05) is 35.5 Å². The van der Waals surface area contributed by atoms with Crippen molar-refractivity contribution in [1.29, 1.82) is 0 Å². The fraction of sp³-hybridized carbons (Fsp3) is 0.368. The Morgan fingerprint density at radius 3 is 2.37 bits per heavy atom. The Labute approximate surface area is 169 Å². The molecule has 1 aliphatic heterocycles. The SMILES string of the molecule is CC1CCN(C(=O)c2cncc(CS(=O)(=O)c3cc(Cl)cc(Cl)c3)c2)CC1. The molecule has 0 aliphatic carbocycles. The van der Waals surface area contributed by atoms with E-state index in [1.807, 2.05) is 0 Å². The number of carbonyl (C=O) groups is 1. The molecule has 1 fully saturated rings. The quantitative estimate of drug-likeness (QED) is 0.732. The van der Waals surface area contributed by atoms with Crippen LogP contribution < -0.4 is 0 Å². The van der Waals surface area contributed by atoms with Gasteiger partial charge >= 0.3 is 0 Å². The number of piperidine rings is 1. The maximum Gasteiger partial charge on any atom is 0.255 e.